The number of alkyl carbamates (subject to hydrolysis) is 1. The van der Waals surface area contributed by atoms with E-state index in [9.17, 15) is 18.4 Å². The van der Waals surface area contributed by atoms with Crippen LogP contribution in [0.4, 0.5) is 25.0 Å². The molecule has 134 valence electrons. The quantitative estimate of drug-likeness (QED) is 0.767. The zero-order valence-electron chi connectivity index (χ0n) is 14.4. The SMILES string of the molecule is CCNc1c(F)cc(F)cc1NC(=O)C(C)NC(=O)OC(C)(C)C. The van der Waals surface area contributed by atoms with E-state index in [1.165, 1.54) is 6.92 Å². The van der Waals surface area contributed by atoms with Gasteiger partial charge in [0.1, 0.15) is 17.5 Å². The normalized spacial score (nSPS) is 12.3. The summed E-state index contributed by atoms with van der Waals surface area (Å²) in [6.45, 7) is 8.63. The van der Waals surface area contributed by atoms with Gasteiger partial charge >= 0.3 is 6.09 Å². The Morgan fingerprint density at radius 3 is 2.42 bits per heavy atom. The highest BCUT2D eigenvalue weighted by Crippen LogP contribution is 2.26. The van der Waals surface area contributed by atoms with Crippen molar-refractivity contribution in [3.05, 3.63) is 23.8 Å². The van der Waals surface area contributed by atoms with E-state index < -0.39 is 35.3 Å². The number of hydrogen-bond donors (Lipinski definition) is 3. The summed E-state index contributed by atoms with van der Waals surface area (Å²) in [5.41, 5.74) is -0.765. The van der Waals surface area contributed by atoms with E-state index in [2.05, 4.69) is 16.0 Å². The van der Waals surface area contributed by atoms with E-state index in [4.69, 9.17) is 4.74 Å². The third-order valence-corrected chi connectivity index (χ3v) is 2.79. The molecule has 0 aliphatic heterocycles. The third-order valence-electron chi connectivity index (χ3n) is 2.79. The number of hydrogen-bond acceptors (Lipinski definition) is 4. The molecule has 0 aromatic heterocycles. The third kappa shape index (κ3) is 6.02. The van der Waals surface area contributed by atoms with Gasteiger partial charge in [0, 0.05) is 12.6 Å². The Bertz CT molecular complexity index is 615. The summed E-state index contributed by atoms with van der Waals surface area (Å²) >= 11 is 0. The molecule has 0 saturated carbocycles. The lowest BCUT2D eigenvalue weighted by atomic mass is 10.2. The Balaban J connectivity index is 2.82. The van der Waals surface area contributed by atoms with Crippen molar-refractivity contribution in [2.75, 3.05) is 17.2 Å². The largest absolute Gasteiger partial charge is 0.444 e. The van der Waals surface area contributed by atoms with Crippen LogP contribution in [0.3, 0.4) is 0 Å². The lowest BCUT2D eigenvalue weighted by Crippen LogP contribution is -2.44. The number of rotatable bonds is 5. The van der Waals surface area contributed by atoms with Crippen LogP contribution in [-0.2, 0) is 9.53 Å². The highest BCUT2D eigenvalue weighted by molar-refractivity contribution is 5.98. The minimum Gasteiger partial charge on any atom is -0.444 e. The highest BCUT2D eigenvalue weighted by atomic mass is 19.1. The molecule has 0 aliphatic carbocycles. The smallest absolute Gasteiger partial charge is 0.408 e. The molecule has 0 aliphatic rings. The molecule has 1 aromatic rings. The zero-order valence-corrected chi connectivity index (χ0v) is 14.4. The monoisotopic (exact) mass is 343 g/mol. The molecule has 0 heterocycles. The fourth-order valence-corrected chi connectivity index (χ4v) is 1.82. The Morgan fingerprint density at radius 1 is 1.25 bits per heavy atom. The maximum absolute atomic E-state index is 13.8. The van der Waals surface area contributed by atoms with Gasteiger partial charge in [0.05, 0.1) is 11.4 Å². The molecule has 1 rings (SSSR count). The van der Waals surface area contributed by atoms with Gasteiger partial charge in [0.2, 0.25) is 5.91 Å². The van der Waals surface area contributed by atoms with Crippen LogP contribution in [0.1, 0.15) is 34.6 Å². The number of benzene rings is 1. The molecule has 0 radical (unpaired) electrons. The van der Waals surface area contributed by atoms with E-state index in [1.807, 2.05) is 0 Å². The molecule has 0 spiro atoms. The summed E-state index contributed by atoms with van der Waals surface area (Å²) < 4.78 is 32.2. The predicted molar refractivity (Wildman–Crippen MR) is 88.0 cm³/mol. The van der Waals surface area contributed by atoms with Crippen molar-refractivity contribution in [2.24, 2.45) is 0 Å². The van der Waals surface area contributed by atoms with Crippen LogP contribution in [-0.4, -0.2) is 30.2 Å². The van der Waals surface area contributed by atoms with Crippen LogP contribution >= 0.6 is 0 Å². The van der Waals surface area contributed by atoms with Gasteiger partial charge in [-0.2, -0.15) is 0 Å². The average Bonchev–Trinajstić information content (AvgIpc) is 2.40. The van der Waals surface area contributed by atoms with Crippen LogP contribution < -0.4 is 16.0 Å². The molecular formula is C16H23F2N3O3. The maximum Gasteiger partial charge on any atom is 0.408 e. The molecular weight excluding hydrogens is 320 g/mol. The summed E-state index contributed by atoms with van der Waals surface area (Å²) in [5, 5.41) is 7.47. The van der Waals surface area contributed by atoms with Gasteiger partial charge in [0.15, 0.2) is 5.82 Å². The summed E-state index contributed by atoms with van der Waals surface area (Å²) in [7, 11) is 0. The topological polar surface area (TPSA) is 79.5 Å². The Morgan fingerprint density at radius 2 is 1.88 bits per heavy atom. The van der Waals surface area contributed by atoms with E-state index >= 15 is 0 Å². The van der Waals surface area contributed by atoms with Crippen LogP contribution in [0.25, 0.3) is 0 Å². The van der Waals surface area contributed by atoms with Crippen LogP contribution in [0.15, 0.2) is 12.1 Å². The number of carbonyl (C=O) groups is 2. The first-order valence-electron chi connectivity index (χ1n) is 7.56. The number of ether oxygens (including phenoxy) is 1. The summed E-state index contributed by atoms with van der Waals surface area (Å²) in [4.78, 5) is 23.8. The maximum atomic E-state index is 13.8. The van der Waals surface area contributed by atoms with E-state index in [-0.39, 0.29) is 11.4 Å². The van der Waals surface area contributed by atoms with Crippen LogP contribution in [0.2, 0.25) is 0 Å². The molecule has 24 heavy (non-hydrogen) atoms. The minimum absolute atomic E-state index is 0.0169. The Labute approximate surface area is 139 Å². The molecule has 6 nitrogen and oxygen atoms in total. The summed E-state index contributed by atoms with van der Waals surface area (Å²) in [6, 6.07) is 0.760. The first kappa shape index (κ1) is 19.7. The first-order valence-corrected chi connectivity index (χ1v) is 7.56. The van der Waals surface area contributed by atoms with Crippen molar-refractivity contribution in [3.63, 3.8) is 0 Å². The van der Waals surface area contributed by atoms with Crippen molar-refractivity contribution in [3.8, 4) is 0 Å². The van der Waals surface area contributed by atoms with Crippen molar-refractivity contribution < 1.29 is 23.1 Å². The van der Waals surface area contributed by atoms with Crippen molar-refractivity contribution in [2.45, 2.75) is 46.3 Å². The molecule has 2 amide bonds. The van der Waals surface area contributed by atoms with E-state index in [0.29, 0.717) is 6.54 Å². The summed E-state index contributed by atoms with van der Waals surface area (Å²) in [5.74, 6) is -2.28. The van der Waals surface area contributed by atoms with Crippen molar-refractivity contribution >= 4 is 23.4 Å². The zero-order chi connectivity index (χ0) is 18.5. The second kappa shape index (κ2) is 7.94. The van der Waals surface area contributed by atoms with Gasteiger partial charge < -0.3 is 20.7 Å². The molecule has 1 atom stereocenters. The molecule has 0 saturated heterocycles. The molecule has 8 heteroatoms. The van der Waals surface area contributed by atoms with Gasteiger partial charge in [-0.25, -0.2) is 13.6 Å². The van der Waals surface area contributed by atoms with Gasteiger partial charge in [0.25, 0.3) is 0 Å². The van der Waals surface area contributed by atoms with Gasteiger partial charge in [-0.15, -0.1) is 0 Å². The van der Waals surface area contributed by atoms with E-state index in [1.54, 1.807) is 27.7 Å². The van der Waals surface area contributed by atoms with E-state index in [0.717, 1.165) is 12.1 Å². The molecule has 1 aromatic carbocycles. The first-order chi connectivity index (χ1) is 11.0. The van der Waals surface area contributed by atoms with Crippen molar-refractivity contribution in [1.82, 2.24) is 5.32 Å². The second-order valence-electron chi connectivity index (χ2n) is 6.20. The fraction of sp³-hybridized carbons (Fsp3) is 0.500. The highest BCUT2D eigenvalue weighted by Gasteiger charge is 2.22. The minimum atomic E-state index is -0.958. The molecule has 1 unspecified atom stereocenters. The summed E-state index contributed by atoms with van der Waals surface area (Å²) in [6.07, 6.45) is -0.762. The van der Waals surface area contributed by atoms with Crippen LogP contribution in [0, 0.1) is 11.6 Å². The van der Waals surface area contributed by atoms with Gasteiger partial charge in [-0.05, 0) is 40.7 Å². The lowest BCUT2D eigenvalue weighted by Gasteiger charge is -2.22. The molecule has 3 N–H and O–H groups in total. The molecule has 0 fully saturated rings. The fourth-order valence-electron chi connectivity index (χ4n) is 1.82. The van der Waals surface area contributed by atoms with Gasteiger partial charge in [-0.3, -0.25) is 4.79 Å². The average molecular weight is 343 g/mol. The number of anilines is 2. The Hall–Kier alpha value is -2.38. The van der Waals surface area contributed by atoms with Crippen molar-refractivity contribution in [1.29, 1.82) is 0 Å². The Kier molecular flexibility index (Phi) is 6.51. The predicted octanol–water partition coefficient (Wildman–Crippen LogP) is 3.25. The standard InChI is InChI=1S/C16H23F2N3O3/c1-6-19-13-11(18)7-10(17)8-12(13)21-14(22)9(2)20-15(23)24-16(3,4)5/h7-9,19H,6H2,1-5H3,(H,20,23)(H,21,22). The lowest BCUT2D eigenvalue weighted by molar-refractivity contribution is -0.117. The second-order valence-corrected chi connectivity index (χ2v) is 6.20. The molecule has 0 bridgehead atoms. The number of carbonyl (C=O) groups excluding carboxylic acids is 2. The van der Waals surface area contributed by atoms with Gasteiger partial charge in [-0.1, -0.05) is 0 Å². The number of amides is 2. The number of nitrogens with one attached hydrogen (secondary N) is 3. The van der Waals surface area contributed by atoms with Crippen LogP contribution in [0.5, 0.6) is 0 Å². The number of halogens is 2.